The predicted octanol–water partition coefficient (Wildman–Crippen LogP) is 1.05. The average molecular weight is 198 g/mol. The van der Waals surface area contributed by atoms with Crippen LogP contribution in [0.1, 0.15) is 26.2 Å². The zero-order valence-corrected chi connectivity index (χ0v) is 8.16. The standard InChI is InChI=1S/C10H14O4/c1-3-5-6-8(9(11)12)10(13)14-7-4-2/h2,8H,3,5-7H2,1H3,(H,11,12). The summed E-state index contributed by atoms with van der Waals surface area (Å²) in [6, 6.07) is 0. The lowest BCUT2D eigenvalue weighted by molar-refractivity contribution is -0.158. The Hall–Kier alpha value is -1.50. The third-order valence-corrected chi connectivity index (χ3v) is 1.73. The molecule has 4 nitrogen and oxygen atoms in total. The quantitative estimate of drug-likeness (QED) is 0.393. The van der Waals surface area contributed by atoms with E-state index in [2.05, 4.69) is 10.7 Å². The number of terminal acetylenes is 1. The highest BCUT2D eigenvalue weighted by atomic mass is 16.5. The summed E-state index contributed by atoms with van der Waals surface area (Å²) in [5.41, 5.74) is 0. The van der Waals surface area contributed by atoms with Gasteiger partial charge in [-0.25, -0.2) is 0 Å². The van der Waals surface area contributed by atoms with Crippen molar-refractivity contribution < 1.29 is 19.4 Å². The number of hydrogen-bond acceptors (Lipinski definition) is 3. The van der Waals surface area contributed by atoms with Crippen LogP contribution in [0.5, 0.6) is 0 Å². The van der Waals surface area contributed by atoms with Gasteiger partial charge in [-0.05, 0) is 6.42 Å². The second-order valence-corrected chi connectivity index (χ2v) is 2.84. The van der Waals surface area contributed by atoms with Gasteiger partial charge in [-0.2, -0.15) is 0 Å². The van der Waals surface area contributed by atoms with Crippen molar-refractivity contribution in [1.82, 2.24) is 0 Å². The Balaban J connectivity index is 4.13. The monoisotopic (exact) mass is 198 g/mol. The first-order chi connectivity index (χ1) is 6.63. The van der Waals surface area contributed by atoms with Gasteiger partial charge in [-0.1, -0.05) is 25.7 Å². The number of aliphatic carboxylic acids is 1. The van der Waals surface area contributed by atoms with Crippen molar-refractivity contribution in [3.63, 3.8) is 0 Å². The molecule has 0 rings (SSSR count). The van der Waals surface area contributed by atoms with Gasteiger partial charge in [0.2, 0.25) is 0 Å². The molecule has 0 aromatic rings. The van der Waals surface area contributed by atoms with Crippen LogP contribution >= 0.6 is 0 Å². The lowest BCUT2D eigenvalue weighted by atomic mass is 10.0. The van der Waals surface area contributed by atoms with E-state index in [0.29, 0.717) is 12.8 Å². The van der Waals surface area contributed by atoms with Crippen LogP contribution in [0.25, 0.3) is 0 Å². The number of carbonyl (C=O) groups is 2. The van der Waals surface area contributed by atoms with E-state index in [4.69, 9.17) is 11.5 Å². The predicted molar refractivity (Wildman–Crippen MR) is 50.4 cm³/mol. The molecule has 0 aromatic carbocycles. The van der Waals surface area contributed by atoms with Crippen LogP contribution in [0.15, 0.2) is 0 Å². The molecule has 1 atom stereocenters. The second-order valence-electron chi connectivity index (χ2n) is 2.84. The van der Waals surface area contributed by atoms with E-state index in [1.165, 1.54) is 0 Å². The number of carbonyl (C=O) groups excluding carboxylic acids is 1. The summed E-state index contributed by atoms with van der Waals surface area (Å²) in [7, 11) is 0. The summed E-state index contributed by atoms with van der Waals surface area (Å²) >= 11 is 0. The normalized spacial score (nSPS) is 11.4. The molecule has 0 spiro atoms. The van der Waals surface area contributed by atoms with E-state index in [-0.39, 0.29) is 6.61 Å². The number of ether oxygens (including phenoxy) is 1. The van der Waals surface area contributed by atoms with E-state index >= 15 is 0 Å². The van der Waals surface area contributed by atoms with Gasteiger partial charge in [0.15, 0.2) is 12.5 Å². The summed E-state index contributed by atoms with van der Waals surface area (Å²) in [6.07, 6.45) is 6.70. The number of rotatable bonds is 6. The molecule has 0 bridgehead atoms. The van der Waals surface area contributed by atoms with Gasteiger partial charge in [-0.15, -0.1) is 6.42 Å². The first-order valence-electron chi connectivity index (χ1n) is 4.46. The van der Waals surface area contributed by atoms with Crippen molar-refractivity contribution in [2.24, 2.45) is 5.92 Å². The smallest absolute Gasteiger partial charge is 0.321 e. The van der Waals surface area contributed by atoms with Gasteiger partial charge in [0.25, 0.3) is 0 Å². The van der Waals surface area contributed by atoms with Crippen molar-refractivity contribution >= 4 is 11.9 Å². The molecule has 0 saturated heterocycles. The van der Waals surface area contributed by atoms with Crippen LogP contribution in [0.4, 0.5) is 0 Å². The molecule has 1 N–H and O–H groups in total. The molecule has 0 aliphatic heterocycles. The summed E-state index contributed by atoms with van der Waals surface area (Å²) in [4.78, 5) is 21.8. The highest BCUT2D eigenvalue weighted by Gasteiger charge is 2.26. The van der Waals surface area contributed by atoms with Gasteiger partial charge in [0.05, 0.1) is 0 Å². The summed E-state index contributed by atoms with van der Waals surface area (Å²) in [6.45, 7) is 1.75. The number of carboxylic acids is 1. The maximum absolute atomic E-state index is 11.2. The number of carboxylic acid groups (broad SMARTS) is 1. The van der Waals surface area contributed by atoms with Gasteiger partial charge < -0.3 is 9.84 Å². The molecular formula is C10H14O4. The second kappa shape index (κ2) is 6.96. The molecule has 4 heteroatoms. The minimum Gasteiger partial charge on any atom is -0.481 e. The molecule has 1 unspecified atom stereocenters. The van der Waals surface area contributed by atoms with Crippen molar-refractivity contribution in [1.29, 1.82) is 0 Å². The van der Waals surface area contributed by atoms with E-state index < -0.39 is 17.9 Å². The Labute approximate surface area is 83.3 Å². The van der Waals surface area contributed by atoms with Gasteiger partial charge >= 0.3 is 11.9 Å². The number of esters is 1. The molecule has 0 radical (unpaired) electrons. The third kappa shape index (κ3) is 4.51. The zero-order chi connectivity index (χ0) is 11.0. The molecule has 0 heterocycles. The third-order valence-electron chi connectivity index (χ3n) is 1.73. The van der Waals surface area contributed by atoms with E-state index in [9.17, 15) is 9.59 Å². The fourth-order valence-corrected chi connectivity index (χ4v) is 0.964. The topological polar surface area (TPSA) is 63.6 Å². The maximum atomic E-state index is 11.2. The molecule has 0 saturated carbocycles. The Morgan fingerprint density at radius 1 is 1.57 bits per heavy atom. The largest absolute Gasteiger partial charge is 0.481 e. The summed E-state index contributed by atoms with van der Waals surface area (Å²) < 4.78 is 4.56. The number of unbranched alkanes of at least 4 members (excludes halogenated alkanes) is 1. The Bertz CT molecular complexity index is 239. The van der Waals surface area contributed by atoms with Crippen molar-refractivity contribution in [2.75, 3.05) is 6.61 Å². The minimum absolute atomic E-state index is 0.172. The van der Waals surface area contributed by atoms with Crippen LogP contribution < -0.4 is 0 Å². The Kier molecular flexibility index (Phi) is 6.21. The molecule has 0 fully saturated rings. The van der Waals surface area contributed by atoms with Crippen LogP contribution in [0.2, 0.25) is 0 Å². The molecule has 0 aromatic heterocycles. The number of hydrogen-bond donors (Lipinski definition) is 1. The molecule has 0 amide bonds. The SMILES string of the molecule is C#CCOC(=O)C(CCCC)C(=O)O. The maximum Gasteiger partial charge on any atom is 0.321 e. The van der Waals surface area contributed by atoms with Crippen LogP contribution in [-0.4, -0.2) is 23.7 Å². The van der Waals surface area contributed by atoms with Gasteiger partial charge in [0, 0.05) is 0 Å². The Morgan fingerprint density at radius 3 is 2.64 bits per heavy atom. The molecule has 0 aliphatic rings. The van der Waals surface area contributed by atoms with E-state index in [1.807, 2.05) is 6.92 Å². The minimum atomic E-state index is -1.15. The fraction of sp³-hybridized carbons (Fsp3) is 0.600. The van der Waals surface area contributed by atoms with Crippen molar-refractivity contribution in [2.45, 2.75) is 26.2 Å². The summed E-state index contributed by atoms with van der Waals surface area (Å²) in [5, 5.41) is 8.72. The lowest BCUT2D eigenvalue weighted by Crippen LogP contribution is -2.26. The highest BCUT2D eigenvalue weighted by Crippen LogP contribution is 2.10. The molecule has 78 valence electrons. The lowest BCUT2D eigenvalue weighted by Gasteiger charge is -2.09. The van der Waals surface area contributed by atoms with Gasteiger partial charge in [-0.3, -0.25) is 9.59 Å². The zero-order valence-electron chi connectivity index (χ0n) is 8.16. The molecule has 0 aliphatic carbocycles. The van der Waals surface area contributed by atoms with Crippen LogP contribution in [0, 0.1) is 18.3 Å². The molecule has 14 heavy (non-hydrogen) atoms. The molecular weight excluding hydrogens is 184 g/mol. The summed E-state index contributed by atoms with van der Waals surface area (Å²) in [5.74, 6) is -0.867. The first-order valence-corrected chi connectivity index (χ1v) is 4.46. The van der Waals surface area contributed by atoms with E-state index in [1.54, 1.807) is 0 Å². The first kappa shape index (κ1) is 12.5. The average Bonchev–Trinajstić information content (AvgIpc) is 2.14. The van der Waals surface area contributed by atoms with Crippen molar-refractivity contribution in [3.8, 4) is 12.3 Å². The van der Waals surface area contributed by atoms with Gasteiger partial charge in [0.1, 0.15) is 0 Å². The van der Waals surface area contributed by atoms with Crippen LogP contribution in [-0.2, 0) is 14.3 Å². The highest BCUT2D eigenvalue weighted by molar-refractivity contribution is 5.93. The van der Waals surface area contributed by atoms with Crippen LogP contribution in [0.3, 0.4) is 0 Å². The van der Waals surface area contributed by atoms with Crippen molar-refractivity contribution in [3.05, 3.63) is 0 Å². The van der Waals surface area contributed by atoms with E-state index in [0.717, 1.165) is 6.42 Å². The Morgan fingerprint density at radius 2 is 2.21 bits per heavy atom. The fourth-order valence-electron chi connectivity index (χ4n) is 0.964.